The van der Waals surface area contributed by atoms with Crippen molar-refractivity contribution in [2.75, 3.05) is 19.7 Å². The number of aliphatic carboxylic acids is 2. The minimum atomic E-state index is -1.26. The lowest BCUT2D eigenvalue weighted by molar-refractivity contribution is -0.134. The van der Waals surface area contributed by atoms with E-state index >= 15 is 0 Å². The number of hydrogen-bond acceptors (Lipinski definition) is 8. The summed E-state index contributed by atoms with van der Waals surface area (Å²) < 4.78 is 5.41. The average molecular weight is 458 g/mol. The molecule has 0 fully saturated rings. The molecule has 0 saturated carbocycles. The molecule has 174 valence electrons. The van der Waals surface area contributed by atoms with Crippen LogP contribution in [0.3, 0.4) is 0 Å². The second kappa shape index (κ2) is 17.0. The lowest BCUT2D eigenvalue weighted by Crippen LogP contribution is -2.35. The first-order chi connectivity index (χ1) is 14.6. The van der Waals surface area contributed by atoms with Gasteiger partial charge in [0, 0.05) is 31.3 Å². The van der Waals surface area contributed by atoms with Gasteiger partial charge in [-0.15, -0.1) is 0 Å². The molecule has 1 atom stereocenters. The number of hydrogen-bond donors (Lipinski definition) is 5. The van der Waals surface area contributed by atoms with Crippen molar-refractivity contribution in [3.05, 3.63) is 35.4 Å². The summed E-state index contributed by atoms with van der Waals surface area (Å²) in [5, 5.41) is 31.7. The molecule has 1 rings (SSSR count). The summed E-state index contributed by atoms with van der Waals surface area (Å²) in [6.45, 7) is 7.30. The number of ether oxygens (including phenoxy) is 1. The topological polar surface area (TPSA) is 158 Å². The Morgan fingerprint density at radius 2 is 1.84 bits per heavy atom. The highest BCUT2D eigenvalue weighted by Crippen LogP contribution is 2.20. The number of carboxylic acids is 2. The number of nitrogens with zero attached hydrogens (tertiary/aromatic N) is 1. The molecule has 1 amide bonds. The zero-order chi connectivity index (χ0) is 23.6. The van der Waals surface area contributed by atoms with Crippen LogP contribution in [0.5, 0.6) is 5.19 Å². The number of carbonyl (C=O) groups is 3. The standard InChI is InChI=1S/C16H27N3O3S.C4H4O4/c1-4-5-6-7-8-17-15(21)14-10-19-16(23-14)22-11-13(20)9-18-12(2)3;5-3(6)1-2-4(7)8/h5-6,10,12-13,18,20H,4,7-9,11H2,1-3H3,(H,17,21);1-2H,(H,5,6)(H,7,8)/b6-5-;2-1-. The largest absolute Gasteiger partial charge is 0.478 e. The second-order valence-corrected chi connectivity index (χ2v) is 7.45. The lowest BCUT2D eigenvalue weighted by Gasteiger charge is -2.13. The molecular formula is C20H31N3O7S. The quantitative estimate of drug-likeness (QED) is 0.169. The van der Waals surface area contributed by atoms with E-state index in [4.69, 9.17) is 14.9 Å². The minimum Gasteiger partial charge on any atom is -0.478 e. The van der Waals surface area contributed by atoms with Crippen LogP contribution in [0.4, 0.5) is 0 Å². The van der Waals surface area contributed by atoms with Crippen LogP contribution in [-0.2, 0) is 9.59 Å². The Hall–Kier alpha value is -2.76. The first-order valence-electron chi connectivity index (χ1n) is 9.72. The van der Waals surface area contributed by atoms with Crippen molar-refractivity contribution in [3.8, 4) is 5.19 Å². The van der Waals surface area contributed by atoms with Gasteiger partial charge in [-0.05, 0) is 12.8 Å². The maximum absolute atomic E-state index is 11.9. The van der Waals surface area contributed by atoms with Crippen molar-refractivity contribution in [2.45, 2.75) is 45.8 Å². The molecule has 0 aliphatic carbocycles. The Bertz CT molecular complexity index is 716. The molecule has 0 spiro atoms. The van der Waals surface area contributed by atoms with Gasteiger partial charge in [-0.1, -0.05) is 44.3 Å². The van der Waals surface area contributed by atoms with E-state index in [1.165, 1.54) is 17.5 Å². The molecule has 1 aromatic heterocycles. The maximum atomic E-state index is 11.9. The molecular weight excluding hydrogens is 426 g/mol. The summed E-state index contributed by atoms with van der Waals surface area (Å²) in [7, 11) is 0. The van der Waals surface area contributed by atoms with Gasteiger partial charge >= 0.3 is 11.9 Å². The summed E-state index contributed by atoms with van der Waals surface area (Å²) in [6.07, 6.45) is 7.95. The van der Waals surface area contributed by atoms with Crippen LogP contribution in [0, 0.1) is 0 Å². The van der Waals surface area contributed by atoms with Gasteiger partial charge in [0.25, 0.3) is 11.1 Å². The number of carbonyl (C=O) groups excluding carboxylic acids is 1. The van der Waals surface area contributed by atoms with E-state index in [-0.39, 0.29) is 12.5 Å². The summed E-state index contributed by atoms with van der Waals surface area (Å²) in [6, 6.07) is 0.312. The van der Waals surface area contributed by atoms with Gasteiger partial charge in [-0.3, -0.25) is 4.79 Å². The molecule has 10 nitrogen and oxygen atoms in total. The normalized spacial score (nSPS) is 11.9. The molecule has 0 aliphatic heterocycles. The van der Waals surface area contributed by atoms with Crippen LogP contribution in [0.2, 0.25) is 0 Å². The molecule has 0 radical (unpaired) electrons. The summed E-state index contributed by atoms with van der Waals surface area (Å²) in [5.74, 6) is -2.66. The summed E-state index contributed by atoms with van der Waals surface area (Å²) in [5.41, 5.74) is 0. The van der Waals surface area contributed by atoms with Crippen molar-refractivity contribution in [1.29, 1.82) is 0 Å². The summed E-state index contributed by atoms with van der Waals surface area (Å²) in [4.78, 5) is 35.6. The van der Waals surface area contributed by atoms with Crippen molar-refractivity contribution < 1.29 is 34.4 Å². The highest BCUT2D eigenvalue weighted by Gasteiger charge is 2.12. The van der Waals surface area contributed by atoms with Crippen LogP contribution in [0.25, 0.3) is 0 Å². The second-order valence-electron chi connectivity index (χ2n) is 6.45. The van der Waals surface area contributed by atoms with Gasteiger partial charge in [-0.2, -0.15) is 0 Å². The van der Waals surface area contributed by atoms with E-state index < -0.39 is 18.0 Å². The van der Waals surface area contributed by atoms with Crippen LogP contribution in [-0.4, -0.2) is 70.0 Å². The van der Waals surface area contributed by atoms with E-state index in [1.54, 1.807) is 0 Å². The van der Waals surface area contributed by atoms with Crippen molar-refractivity contribution in [3.63, 3.8) is 0 Å². The first kappa shape index (κ1) is 28.2. The molecule has 0 bridgehead atoms. The van der Waals surface area contributed by atoms with Crippen molar-refractivity contribution in [1.82, 2.24) is 15.6 Å². The fraction of sp³-hybridized carbons (Fsp3) is 0.500. The Kier molecular flexibility index (Phi) is 15.5. The Labute approximate surface area is 185 Å². The number of carboxylic acid groups (broad SMARTS) is 2. The zero-order valence-corrected chi connectivity index (χ0v) is 18.7. The number of nitrogens with one attached hydrogen (secondary N) is 2. The molecule has 0 aromatic carbocycles. The molecule has 31 heavy (non-hydrogen) atoms. The molecule has 11 heteroatoms. The zero-order valence-electron chi connectivity index (χ0n) is 17.9. The van der Waals surface area contributed by atoms with Gasteiger partial charge in [0.1, 0.15) is 17.6 Å². The first-order valence-corrected chi connectivity index (χ1v) is 10.5. The molecule has 1 unspecified atom stereocenters. The van der Waals surface area contributed by atoms with Gasteiger partial charge in [-0.25, -0.2) is 14.6 Å². The maximum Gasteiger partial charge on any atom is 0.328 e. The third-order valence-corrected chi connectivity index (χ3v) is 4.15. The highest BCUT2D eigenvalue weighted by atomic mass is 32.1. The molecule has 0 saturated heterocycles. The number of rotatable bonds is 13. The number of amides is 1. The number of allylic oxidation sites excluding steroid dienone is 1. The molecule has 1 heterocycles. The minimum absolute atomic E-state index is 0.149. The molecule has 0 aliphatic rings. The number of thiazole rings is 1. The predicted molar refractivity (Wildman–Crippen MR) is 118 cm³/mol. The Balaban J connectivity index is 0.000000954. The van der Waals surface area contributed by atoms with E-state index in [0.29, 0.717) is 41.4 Å². The third-order valence-electron chi connectivity index (χ3n) is 3.24. The number of aliphatic hydroxyl groups is 1. The van der Waals surface area contributed by atoms with Crippen molar-refractivity contribution >= 4 is 29.2 Å². The number of aliphatic hydroxyl groups excluding tert-OH is 1. The fourth-order valence-electron chi connectivity index (χ4n) is 1.81. The monoisotopic (exact) mass is 457 g/mol. The Morgan fingerprint density at radius 3 is 2.39 bits per heavy atom. The van der Waals surface area contributed by atoms with Crippen LogP contribution in [0.1, 0.15) is 43.3 Å². The summed E-state index contributed by atoms with van der Waals surface area (Å²) >= 11 is 1.18. The molecule has 1 aromatic rings. The van der Waals surface area contributed by atoms with Crippen LogP contribution < -0.4 is 15.4 Å². The highest BCUT2D eigenvalue weighted by molar-refractivity contribution is 7.15. The predicted octanol–water partition coefficient (Wildman–Crippen LogP) is 1.68. The Morgan fingerprint density at radius 1 is 1.19 bits per heavy atom. The average Bonchev–Trinajstić information content (AvgIpc) is 3.18. The van der Waals surface area contributed by atoms with Crippen LogP contribution in [0.15, 0.2) is 30.5 Å². The smallest absolute Gasteiger partial charge is 0.328 e. The van der Waals surface area contributed by atoms with Gasteiger partial charge in [0.05, 0.1) is 6.20 Å². The van der Waals surface area contributed by atoms with E-state index in [9.17, 15) is 19.5 Å². The molecule has 5 N–H and O–H groups in total. The van der Waals surface area contributed by atoms with E-state index in [1.807, 2.05) is 19.9 Å². The van der Waals surface area contributed by atoms with Gasteiger partial charge in [0.15, 0.2) is 0 Å². The van der Waals surface area contributed by atoms with Gasteiger partial charge < -0.3 is 30.7 Å². The fourth-order valence-corrected chi connectivity index (χ4v) is 2.50. The van der Waals surface area contributed by atoms with Crippen LogP contribution >= 0.6 is 11.3 Å². The van der Waals surface area contributed by atoms with E-state index in [0.717, 1.165) is 12.8 Å². The van der Waals surface area contributed by atoms with Crippen molar-refractivity contribution in [2.24, 2.45) is 0 Å². The number of aromatic nitrogens is 1. The van der Waals surface area contributed by atoms with E-state index in [2.05, 4.69) is 28.6 Å². The lowest BCUT2D eigenvalue weighted by atomic mass is 10.3. The SMILES string of the molecule is CC/C=C\CCNC(=O)c1cnc(OCC(O)CNC(C)C)s1.O=C(O)/C=C\C(=O)O. The van der Waals surface area contributed by atoms with Gasteiger partial charge in [0.2, 0.25) is 0 Å². The third kappa shape index (κ3) is 16.7.